The fraction of sp³-hybridized carbons (Fsp3) is 0.467. The van der Waals surface area contributed by atoms with Crippen LogP contribution in [0.25, 0.3) is 0 Å². The smallest absolute Gasteiger partial charge is 0.326 e. The van der Waals surface area contributed by atoms with Gasteiger partial charge in [0.25, 0.3) is 5.91 Å². The van der Waals surface area contributed by atoms with E-state index in [1.165, 1.54) is 4.90 Å². The van der Waals surface area contributed by atoms with Crippen LogP contribution in [0, 0.1) is 0 Å². The van der Waals surface area contributed by atoms with Gasteiger partial charge in [-0.1, -0.05) is 6.07 Å². The third-order valence-electron chi connectivity index (χ3n) is 3.66. The maximum atomic E-state index is 12.5. The van der Waals surface area contributed by atoms with E-state index in [-0.39, 0.29) is 5.91 Å². The Labute approximate surface area is 118 Å². The molecular formula is C15H20N2O3. The van der Waals surface area contributed by atoms with Crippen LogP contribution in [0.1, 0.15) is 29.6 Å². The number of carbonyl (C=O) groups is 2. The van der Waals surface area contributed by atoms with Gasteiger partial charge in [0.2, 0.25) is 0 Å². The number of benzene rings is 1. The van der Waals surface area contributed by atoms with Crippen molar-refractivity contribution in [3.8, 4) is 0 Å². The molecule has 1 heterocycles. The van der Waals surface area contributed by atoms with Gasteiger partial charge in [-0.2, -0.15) is 0 Å². The van der Waals surface area contributed by atoms with Crippen LogP contribution < -0.4 is 4.90 Å². The van der Waals surface area contributed by atoms with E-state index in [4.69, 9.17) is 0 Å². The molecule has 20 heavy (non-hydrogen) atoms. The van der Waals surface area contributed by atoms with Crippen LogP contribution in [0.3, 0.4) is 0 Å². The topological polar surface area (TPSA) is 60.9 Å². The predicted molar refractivity (Wildman–Crippen MR) is 77.1 cm³/mol. The summed E-state index contributed by atoms with van der Waals surface area (Å²) in [7, 11) is 3.81. The number of amides is 1. The Morgan fingerprint density at radius 3 is 2.70 bits per heavy atom. The van der Waals surface area contributed by atoms with Crippen molar-refractivity contribution in [2.45, 2.75) is 25.3 Å². The number of carboxylic acids is 1. The molecule has 1 aliphatic heterocycles. The molecule has 0 aromatic heterocycles. The Kier molecular flexibility index (Phi) is 4.27. The lowest BCUT2D eigenvalue weighted by molar-refractivity contribution is -0.143. The molecule has 1 aliphatic rings. The summed E-state index contributed by atoms with van der Waals surface area (Å²) in [6.45, 7) is 0.516. The van der Waals surface area contributed by atoms with Crippen LogP contribution in [-0.4, -0.2) is 48.6 Å². The van der Waals surface area contributed by atoms with Crippen molar-refractivity contribution in [3.05, 3.63) is 29.8 Å². The van der Waals surface area contributed by atoms with Gasteiger partial charge in [0.05, 0.1) is 0 Å². The highest BCUT2D eigenvalue weighted by Gasteiger charge is 2.32. The SMILES string of the molecule is CN(C)c1cccc(C(=O)N2CCCC[C@H]2C(=O)O)c1. The quantitative estimate of drug-likeness (QED) is 0.915. The second kappa shape index (κ2) is 5.94. The summed E-state index contributed by atoms with van der Waals surface area (Å²) in [5.41, 5.74) is 1.48. The second-order valence-corrected chi connectivity index (χ2v) is 5.29. The number of carboxylic acid groups (broad SMARTS) is 1. The lowest BCUT2D eigenvalue weighted by Crippen LogP contribution is -2.48. The first-order valence-electron chi connectivity index (χ1n) is 6.82. The molecule has 1 N–H and O–H groups in total. The van der Waals surface area contributed by atoms with E-state index in [1.807, 2.05) is 31.1 Å². The van der Waals surface area contributed by atoms with Crippen LogP contribution in [-0.2, 0) is 4.79 Å². The van der Waals surface area contributed by atoms with Gasteiger partial charge in [-0.05, 0) is 37.5 Å². The Morgan fingerprint density at radius 1 is 1.30 bits per heavy atom. The summed E-state index contributed by atoms with van der Waals surface area (Å²) in [6, 6.07) is 6.59. The molecule has 0 spiro atoms. The monoisotopic (exact) mass is 276 g/mol. The van der Waals surface area contributed by atoms with Gasteiger partial charge in [0.15, 0.2) is 0 Å². The summed E-state index contributed by atoms with van der Waals surface area (Å²) in [6.07, 6.45) is 2.26. The van der Waals surface area contributed by atoms with Gasteiger partial charge in [-0.25, -0.2) is 4.79 Å². The highest BCUT2D eigenvalue weighted by molar-refractivity contribution is 5.97. The van der Waals surface area contributed by atoms with Gasteiger partial charge >= 0.3 is 5.97 Å². The van der Waals surface area contributed by atoms with Gasteiger partial charge in [0.1, 0.15) is 6.04 Å². The Balaban J connectivity index is 2.25. The van der Waals surface area contributed by atoms with Gasteiger partial charge in [-0.3, -0.25) is 4.79 Å². The molecule has 1 saturated heterocycles. The first-order chi connectivity index (χ1) is 9.50. The third kappa shape index (κ3) is 2.92. The van der Waals surface area contributed by atoms with Crippen LogP contribution in [0.15, 0.2) is 24.3 Å². The average molecular weight is 276 g/mol. The summed E-state index contributed by atoms with van der Waals surface area (Å²) >= 11 is 0. The lowest BCUT2D eigenvalue weighted by atomic mass is 10.0. The van der Waals surface area contributed by atoms with E-state index in [9.17, 15) is 14.7 Å². The van der Waals surface area contributed by atoms with Crippen molar-refractivity contribution in [1.29, 1.82) is 0 Å². The zero-order valence-electron chi connectivity index (χ0n) is 11.9. The van der Waals surface area contributed by atoms with Crippen LogP contribution in [0.2, 0.25) is 0 Å². The van der Waals surface area contributed by atoms with E-state index in [2.05, 4.69) is 0 Å². The van der Waals surface area contributed by atoms with Crippen LogP contribution in [0.4, 0.5) is 5.69 Å². The molecule has 2 rings (SSSR count). The largest absolute Gasteiger partial charge is 0.480 e. The maximum absolute atomic E-state index is 12.5. The Morgan fingerprint density at radius 2 is 2.05 bits per heavy atom. The molecule has 1 aromatic carbocycles. The molecule has 108 valence electrons. The molecule has 1 atom stereocenters. The number of hydrogen-bond acceptors (Lipinski definition) is 3. The number of rotatable bonds is 3. The maximum Gasteiger partial charge on any atom is 0.326 e. The molecule has 1 aromatic rings. The van der Waals surface area contributed by atoms with Crippen molar-refractivity contribution in [2.75, 3.05) is 25.5 Å². The molecule has 1 amide bonds. The molecule has 5 nitrogen and oxygen atoms in total. The average Bonchev–Trinajstić information content (AvgIpc) is 2.46. The van der Waals surface area contributed by atoms with Crippen LogP contribution in [0.5, 0.6) is 0 Å². The predicted octanol–water partition coefficient (Wildman–Crippen LogP) is 1.83. The minimum Gasteiger partial charge on any atom is -0.480 e. The number of carbonyl (C=O) groups excluding carboxylic acids is 1. The fourth-order valence-corrected chi connectivity index (χ4v) is 2.51. The minimum absolute atomic E-state index is 0.194. The Hall–Kier alpha value is -2.04. The second-order valence-electron chi connectivity index (χ2n) is 5.29. The summed E-state index contributed by atoms with van der Waals surface area (Å²) in [5.74, 6) is -1.11. The van der Waals surface area contributed by atoms with E-state index < -0.39 is 12.0 Å². The van der Waals surface area contributed by atoms with Crippen molar-refractivity contribution >= 4 is 17.6 Å². The zero-order valence-corrected chi connectivity index (χ0v) is 11.9. The third-order valence-corrected chi connectivity index (χ3v) is 3.66. The van der Waals surface area contributed by atoms with Gasteiger partial charge in [-0.15, -0.1) is 0 Å². The number of piperidine rings is 1. The summed E-state index contributed by atoms with van der Waals surface area (Å²) in [4.78, 5) is 27.2. The van der Waals surface area contributed by atoms with E-state index in [1.54, 1.807) is 12.1 Å². The first-order valence-corrected chi connectivity index (χ1v) is 6.82. The number of anilines is 1. The molecule has 5 heteroatoms. The minimum atomic E-state index is -0.915. The van der Waals surface area contributed by atoms with Crippen molar-refractivity contribution in [3.63, 3.8) is 0 Å². The van der Waals surface area contributed by atoms with Crippen molar-refractivity contribution in [1.82, 2.24) is 4.90 Å². The van der Waals surface area contributed by atoms with E-state index in [0.717, 1.165) is 18.5 Å². The fourth-order valence-electron chi connectivity index (χ4n) is 2.51. The van der Waals surface area contributed by atoms with Gasteiger partial charge < -0.3 is 14.9 Å². The normalized spacial score (nSPS) is 18.7. The molecule has 0 bridgehead atoms. The molecular weight excluding hydrogens is 256 g/mol. The van der Waals surface area contributed by atoms with E-state index >= 15 is 0 Å². The van der Waals surface area contributed by atoms with E-state index in [0.29, 0.717) is 18.5 Å². The molecule has 0 aliphatic carbocycles. The summed E-state index contributed by atoms with van der Waals surface area (Å²) in [5, 5.41) is 9.25. The molecule has 0 unspecified atom stereocenters. The first kappa shape index (κ1) is 14.4. The van der Waals surface area contributed by atoms with Crippen molar-refractivity contribution < 1.29 is 14.7 Å². The van der Waals surface area contributed by atoms with Gasteiger partial charge in [0, 0.05) is 31.9 Å². The molecule has 0 radical (unpaired) electrons. The summed E-state index contributed by atoms with van der Waals surface area (Å²) < 4.78 is 0. The Bertz CT molecular complexity index is 514. The molecule has 1 fully saturated rings. The number of hydrogen-bond donors (Lipinski definition) is 1. The van der Waals surface area contributed by atoms with Crippen molar-refractivity contribution in [2.24, 2.45) is 0 Å². The molecule has 0 saturated carbocycles. The zero-order chi connectivity index (χ0) is 14.7. The number of likely N-dealkylation sites (tertiary alicyclic amines) is 1. The number of aliphatic carboxylic acids is 1. The standard InChI is InChI=1S/C15H20N2O3/c1-16(2)12-7-5-6-11(10-12)14(18)17-9-4-3-8-13(17)15(19)20/h5-7,10,13H,3-4,8-9H2,1-2H3,(H,19,20)/t13-/m0/s1. The number of nitrogens with zero attached hydrogens (tertiary/aromatic N) is 2. The lowest BCUT2D eigenvalue weighted by Gasteiger charge is -2.33. The highest BCUT2D eigenvalue weighted by atomic mass is 16.4. The highest BCUT2D eigenvalue weighted by Crippen LogP contribution is 2.21. The van der Waals surface area contributed by atoms with Crippen LogP contribution >= 0.6 is 0 Å².